The molecule has 3 rings (SSSR count). The maximum atomic E-state index is 12.7. The summed E-state index contributed by atoms with van der Waals surface area (Å²) in [6.45, 7) is 5.88. The Hall–Kier alpha value is -2.94. The molecule has 0 spiro atoms. The van der Waals surface area contributed by atoms with Crippen LogP contribution in [0.5, 0.6) is 0 Å². The Labute approximate surface area is 140 Å². The van der Waals surface area contributed by atoms with Gasteiger partial charge in [0.2, 0.25) is 0 Å². The first-order valence-electron chi connectivity index (χ1n) is 7.89. The highest BCUT2D eigenvalue weighted by atomic mass is 16.5. The molecule has 0 aliphatic carbocycles. The molecule has 3 nitrogen and oxygen atoms in total. The van der Waals surface area contributed by atoms with Gasteiger partial charge in [-0.2, -0.15) is 0 Å². The van der Waals surface area contributed by atoms with Crippen molar-refractivity contribution in [3.05, 3.63) is 77.0 Å². The van der Waals surface area contributed by atoms with Crippen molar-refractivity contribution in [2.45, 2.75) is 13.3 Å². The fourth-order valence-corrected chi connectivity index (χ4v) is 2.65. The SMILES string of the molecule is C=C(COC(=O)CC)c1ccc2c(=O)c3ccccc3ccc2c1. The summed E-state index contributed by atoms with van der Waals surface area (Å²) in [6, 6.07) is 17.0. The van der Waals surface area contributed by atoms with Gasteiger partial charge in [0.25, 0.3) is 0 Å². The molecule has 0 fully saturated rings. The van der Waals surface area contributed by atoms with Crippen LogP contribution >= 0.6 is 0 Å². The van der Waals surface area contributed by atoms with E-state index < -0.39 is 0 Å². The van der Waals surface area contributed by atoms with Gasteiger partial charge in [0, 0.05) is 17.2 Å². The van der Waals surface area contributed by atoms with Crippen LogP contribution in [0.2, 0.25) is 0 Å². The van der Waals surface area contributed by atoms with E-state index in [1.54, 1.807) is 6.92 Å². The second kappa shape index (κ2) is 6.67. The largest absolute Gasteiger partial charge is 0.461 e. The molecule has 0 heterocycles. The molecule has 3 heteroatoms. The van der Waals surface area contributed by atoms with E-state index in [0.29, 0.717) is 22.8 Å². The van der Waals surface area contributed by atoms with Crippen LogP contribution in [0.1, 0.15) is 18.9 Å². The fraction of sp³-hybridized carbons (Fsp3) is 0.143. The molecule has 0 unspecified atom stereocenters. The van der Waals surface area contributed by atoms with Crippen molar-refractivity contribution < 1.29 is 9.53 Å². The Morgan fingerprint density at radius 3 is 2.50 bits per heavy atom. The van der Waals surface area contributed by atoms with Gasteiger partial charge in [-0.15, -0.1) is 0 Å². The number of benzene rings is 2. The van der Waals surface area contributed by atoms with Crippen LogP contribution in [-0.4, -0.2) is 12.6 Å². The number of carbonyl (C=O) groups is 1. The van der Waals surface area contributed by atoms with Gasteiger partial charge in [0.05, 0.1) is 0 Å². The summed E-state index contributed by atoms with van der Waals surface area (Å²) in [5, 5.41) is 3.13. The molecule has 0 bridgehead atoms. The van der Waals surface area contributed by atoms with Crippen LogP contribution < -0.4 is 5.43 Å². The zero-order chi connectivity index (χ0) is 17.1. The van der Waals surface area contributed by atoms with Gasteiger partial charge in [-0.05, 0) is 34.0 Å². The molecule has 0 saturated heterocycles. The number of carbonyl (C=O) groups excluding carboxylic acids is 1. The van der Waals surface area contributed by atoms with Gasteiger partial charge in [-0.25, -0.2) is 0 Å². The molecular weight excluding hydrogens is 300 g/mol. The first kappa shape index (κ1) is 15.9. The molecule has 120 valence electrons. The molecule has 0 aliphatic rings. The van der Waals surface area contributed by atoms with Crippen molar-refractivity contribution in [2.24, 2.45) is 0 Å². The lowest BCUT2D eigenvalue weighted by atomic mass is 10.0. The van der Waals surface area contributed by atoms with Gasteiger partial charge in [0.15, 0.2) is 5.43 Å². The lowest BCUT2D eigenvalue weighted by molar-refractivity contribution is -0.141. The molecule has 0 aromatic heterocycles. The van der Waals surface area contributed by atoms with E-state index >= 15 is 0 Å². The maximum absolute atomic E-state index is 12.7. The Kier molecular flexibility index (Phi) is 4.43. The highest BCUT2D eigenvalue weighted by Gasteiger charge is 2.07. The topological polar surface area (TPSA) is 43.4 Å². The van der Waals surface area contributed by atoms with Crippen LogP contribution in [0.3, 0.4) is 0 Å². The average Bonchev–Trinajstić information content (AvgIpc) is 2.76. The van der Waals surface area contributed by atoms with Crippen molar-refractivity contribution in [1.82, 2.24) is 0 Å². The van der Waals surface area contributed by atoms with Gasteiger partial charge in [-0.3, -0.25) is 9.59 Å². The number of hydrogen-bond donors (Lipinski definition) is 0. The molecule has 3 aromatic rings. The van der Waals surface area contributed by atoms with Crippen molar-refractivity contribution in [3.63, 3.8) is 0 Å². The van der Waals surface area contributed by atoms with Crippen molar-refractivity contribution in [2.75, 3.05) is 6.61 Å². The first-order valence-corrected chi connectivity index (χ1v) is 7.89. The Bertz CT molecular complexity index is 1000. The molecule has 0 atom stereocenters. The maximum Gasteiger partial charge on any atom is 0.305 e. The van der Waals surface area contributed by atoms with Crippen LogP contribution in [0.4, 0.5) is 0 Å². The van der Waals surface area contributed by atoms with Gasteiger partial charge in [0.1, 0.15) is 6.61 Å². The molecule has 0 aliphatic heterocycles. The van der Waals surface area contributed by atoms with Crippen molar-refractivity contribution in [1.29, 1.82) is 0 Å². The lowest BCUT2D eigenvalue weighted by Crippen LogP contribution is -2.05. The minimum Gasteiger partial charge on any atom is -0.461 e. The normalized spacial score (nSPS) is 10.7. The summed E-state index contributed by atoms with van der Waals surface area (Å²) in [6.07, 6.45) is 0.340. The monoisotopic (exact) mass is 318 g/mol. The van der Waals surface area contributed by atoms with Crippen molar-refractivity contribution >= 4 is 33.1 Å². The van der Waals surface area contributed by atoms with E-state index in [1.807, 2.05) is 54.6 Å². The third kappa shape index (κ3) is 3.06. The Morgan fingerprint density at radius 1 is 1.00 bits per heavy atom. The summed E-state index contributed by atoms with van der Waals surface area (Å²) < 4.78 is 5.12. The van der Waals surface area contributed by atoms with Gasteiger partial charge >= 0.3 is 5.97 Å². The summed E-state index contributed by atoms with van der Waals surface area (Å²) in [5.41, 5.74) is 1.59. The fourth-order valence-electron chi connectivity index (χ4n) is 2.65. The molecule has 0 radical (unpaired) electrons. The first-order chi connectivity index (χ1) is 11.6. The van der Waals surface area contributed by atoms with Crippen LogP contribution in [0.15, 0.2) is 66.0 Å². The number of rotatable bonds is 4. The van der Waals surface area contributed by atoms with E-state index in [0.717, 1.165) is 16.3 Å². The van der Waals surface area contributed by atoms with E-state index in [9.17, 15) is 9.59 Å². The molecule has 24 heavy (non-hydrogen) atoms. The van der Waals surface area contributed by atoms with Gasteiger partial charge in [-0.1, -0.05) is 56.0 Å². The summed E-state index contributed by atoms with van der Waals surface area (Å²) in [5.74, 6) is -0.253. The Balaban J connectivity index is 2.06. The summed E-state index contributed by atoms with van der Waals surface area (Å²) in [4.78, 5) is 24.0. The molecule has 0 N–H and O–H groups in total. The number of ether oxygens (including phenoxy) is 1. The average molecular weight is 318 g/mol. The van der Waals surface area contributed by atoms with Crippen LogP contribution in [0, 0.1) is 0 Å². The summed E-state index contributed by atoms with van der Waals surface area (Å²) in [7, 11) is 0. The predicted octanol–water partition coefficient (Wildman–Crippen LogP) is 4.32. The zero-order valence-electron chi connectivity index (χ0n) is 13.5. The minimum absolute atomic E-state index is 0.0140. The quantitative estimate of drug-likeness (QED) is 0.673. The second-order valence-corrected chi connectivity index (χ2v) is 5.67. The number of esters is 1. The summed E-state index contributed by atoms with van der Waals surface area (Å²) >= 11 is 0. The van der Waals surface area contributed by atoms with E-state index in [1.165, 1.54) is 0 Å². The second-order valence-electron chi connectivity index (χ2n) is 5.67. The third-order valence-corrected chi connectivity index (χ3v) is 4.05. The molecule has 0 saturated carbocycles. The van der Waals surface area contributed by atoms with E-state index in [-0.39, 0.29) is 18.0 Å². The number of hydrogen-bond acceptors (Lipinski definition) is 3. The number of fused-ring (bicyclic) bond motifs is 2. The van der Waals surface area contributed by atoms with Gasteiger partial charge < -0.3 is 4.74 Å². The Morgan fingerprint density at radius 2 is 1.71 bits per heavy atom. The van der Waals surface area contributed by atoms with E-state index in [2.05, 4.69) is 6.58 Å². The van der Waals surface area contributed by atoms with E-state index in [4.69, 9.17) is 4.74 Å². The standard InChI is InChI=1S/C21H18O3/c1-3-20(22)24-13-14(2)16-10-11-19-17(12-16)9-8-15-6-4-5-7-18(15)21(19)23/h4-12H,2-3,13H2,1H3. The molecular formula is C21H18O3. The highest BCUT2D eigenvalue weighted by Crippen LogP contribution is 2.20. The lowest BCUT2D eigenvalue weighted by Gasteiger charge is -2.07. The molecule has 3 aromatic carbocycles. The highest BCUT2D eigenvalue weighted by molar-refractivity contribution is 5.94. The van der Waals surface area contributed by atoms with Crippen LogP contribution in [0.25, 0.3) is 27.1 Å². The third-order valence-electron chi connectivity index (χ3n) is 4.05. The van der Waals surface area contributed by atoms with Crippen LogP contribution in [-0.2, 0) is 9.53 Å². The smallest absolute Gasteiger partial charge is 0.305 e. The predicted molar refractivity (Wildman–Crippen MR) is 98.0 cm³/mol. The zero-order valence-corrected chi connectivity index (χ0v) is 13.5. The molecule has 0 amide bonds. The van der Waals surface area contributed by atoms with Crippen molar-refractivity contribution in [3.8, 4) is 0 Å². The minimum atomic E-state index is -0.253.